The number of carbonyl (C=O) groups is 2. The van der Waals surface area contributed by atoms with E-state index in [4.69, 9.17) is 21.4 Å². The second kappa shape index (κ2) is 9.60. The predicted octanol–water partition coefficient (Wildman–Crippen LogP) is 4.26. The summed E-state index contributed by atoms with van der Waals surface area (Å²) in [6.07, 6.45) is 1.42. The first kappa shape index (κ1) is 22.8. The van der Waals surface area contributed by atoms with Gasteiger partial charge in [0, 0.05) is 55.6 Å². The summed E-state index contributed by atoms with van der Waals surface area (Å²) < 4.78 is 21.0. The van der Waals surface area contributed by atoms with E-state index in [1.54, 1.807) is 42.2 Å². The zero-order valence-corrected chi connectivity index (χ0v) is 18.6. The number of hydrogen-bond donors (Lipinski definition) is 1. The Balaban J connectivity index is 1.36. The fourth-order valence-electron chi connectivity index (χ4n) is 3.68. The van der Waals surface area contributed by atoms with Crippen LogP contribution in [0, 0.1) is 12.7 Å². The third kappa shape index (κ3) is 5.50. The molecule has 0 atom stereocenters. The topological polar surface area (TPSA) is 87.9 Å². The van der Waals surface area contributed by atoms with Gasteiger partial charge in [0.05, 0.1) is 0 Å². The molecule has 0 saturated carbocycles. The van der Waals surface area contributed by atoms with Crippen LogP contribution in [0.2, 0.25) is 5.02 Å². The summed E-state index contributed by atoms with van der Waals surface area (Å²) in [6.45, 7) is 4.17. The summed E-state index contributed by atoms with van der Waals surface area (Å²) in [5.41, 5.74) is 1.05. The molecule has 1 aliphatic heterocycles. The summed E-state index contributed by atoms with van der Waals surface area (Å²) >= 11 is 5.88. The van der Waals surface area contributed by atoms with Crippen molar-refractivity contribution in [1.29, 1.82) is 0 Å². The molecule has 8 nitrogen and oxygen atoms in total. The number of piperazine rings is 1. The molecule has 1 saturated heterocycles. The van der Waals surface area contributed by atoms with Gasteiger partial charge in [-0.05, 0) is 48.9 Å². The molecular formula is C23H22ClFN4O4. The van der Waals surface area contributed by atoms with E-state index in [1.165, 1.54) is 18.3 Å². The smallest absolute Gasteiger partial charge is 0.356 e. The van der Waals surface area contributed by atoms with E-state index in [9.17, 15) is 14.0 Å². The molecule has 33 heavy (non-hydrogen) atoms. The van der Waals surface area contributed by atoms with Crippen molar-refractivity contribution in [3.63, 3.8) is 0 Å². The van der Waals surface area contributed by atoms with Gasteiger partial charge in [0.1, 0.15) is 17.3 Å². The average Bonchev–Trinajstić information content (AvgIpc) is 3.17. The summed E-state index contributed by atoms with van der Waals surface area (Å²) in [7, 11) is 0. The summed E-state index contributed by atoms with van der Waals surface area (Å²) in [5.74, 6) is -0.612. The Morgan fingerprint density at radius 1 is 1.09 bits per heavy atom. The van der Waals surface area contributed by atoms with E-state index in [1.807, 2.05) is 0 Å². The molecule has 0 bridgehead atoms. The number of ether oxygens (including phenoxy) is 1. The maximum atomic E-state index is 14.2. The lowest BCUT2D eigenvalue weighted by molar-refractivity contribution is 0.0689. The van der Waals surface area contributed by atoms with Crippen LogP contribution in [0.15, 0.2) is 48.7 Å². The molecule has 0 aliphatic carbocycles. The minimum Gasteiger partial charge on any atom is -0.476 e. The molecule has 10 heteroatoms. The fourth-order valence-corrected chi connectivity index (χ4v) is 3.81. The predicted molar refractivity (Wildman–Crippen MR) is 119 cm³/mol. The molecule has 1 aromatic heterocycles. The molecular weight excluding hydrogens is 451 g/mol. The van der Waals surface area contributed by atoms with Crippen LogP contribution in [0.1, 0.15) is 21.6 Å². The van der Waals surface area contributed by atoms with Gasteiger partial charge in [-0.15, -0.1) is 0 Å². The minimum atomic E-state index is -1.17. The second-order valence-corrected chi connectivity index (χ2v) is 8.24. The highest BCUT2D eigenvalue weighted by Crippen LogP contribution is 2.25. The van der Waals surface area contributed by atoms with E-state index in [0.717, 1.165) is 10.2 Å². The lowest BCUT2D eigenvalue weighted by atomic mass is 10.1. The standard InChI is InChI=1S/C23H22ClFN4O4/c1-15-13-29(26-21(15)22(30)31)23(32)28-8-6-27(7-9-28)14-16-10-18(25)12-20(11-16)33-19-4-2-17(24)3-5-19/h2-5,10-13H,6-9,14H2,1H3,(H,30,31). The quantitative estimate of drug-likeness (QED) is 0.597. The Bertz CT molecular complexity index is 1170. The monoisotopic (exact) mass is 472 g/mol. The first-order valence-corrected chi connectivity index (χ1v) is 10.7. The molecule has 2 aromatic carbocycles. The van der Waals surface area contributed by atoms with Gasteiger partial charge in [-0.2, -0.15) is 9.78 Å². The van der Waals surface area contributed by atoms with Crippen molar-refractivity contribution >= 4 is 23.6 Å². The molecule has 3 aromatic rings. The number of benzene rings is 2. The van der Waals surface area contributed by atoms with Crippen molar-refractivity contribution in [3.8, 4) is 11.5 Å². The molecule has 1 amide bonds. The number of carboxylic acids is 1. The highest BCUT2D eigenvalue weighted by Gasteiger charge is 2.24. The largest absolute Gasteiger partial charge is 0.476 e. The number of amides is 1. The molecule has 1 aliphatic rings. The van der Waals surface area contributed by atoms with Crippen molar-refractivity contribution in [2.24, 2.45) is 0 Å². The number of carboxylic acid groups (broad SMARTS) is 1. The molecule has 1 N–H and O–H groups in total. The average molecular weight is 473 g/mol. The normalized spacial score (nSPS) is 14.3. The molecule has 4 rings (SSSR count). The lowest BCUT2D eigenvalue weighted by Gasteiger charge is -2.34. The zero-order valence-electron chi connectivity index (χ0n) is 17.9. The lowest BCUT2D eigenvalue weighted by Crippen LogP contribution is -2.49. The third-order valence-corrected chi connectivity index (χ3v) is 5.58. The maximum Gasteiger partial charge on any atom is 0.356 e. The molecule has 1 fully saturated rings. The second-order valence-electron chi connectivity index (χ2n) is 7.81. The van der Waals surface area contributed by atoms with Crippen LogP contribution in [0.5, 0.6) is 11.5 Å². The van der Waals surface area contributed by atoms with E-state index in [-0.39, 0.29) is 11.7 Å². The van der Waals surface area contributed by atoms with Crippen LogP contribution in [-0.2, 0) is 6.54 Å². The molecule has 2 heterocycles. The molecule has 172 valence electrons. The minimum absolute atomic E-state index is 0.135. The number of rotatable bonds is 5. The number of carbonyl (C=O) groups excluding carboxylic acids is 1. The van der Waals surface area contributed by atoms with Gasteiger partial charge < -0.3 is 14.7 Å². The highest BCUT2D eigenvalue weighted by atomic mass is 35.5. The van der Waals surface area contributed by atoms with Crippen molar-refractivity contribution < 1.29 is 23.8 Å². The first-order chi connectivity index (χ1) is 15.8. The Hall–Kier alpha value is -3.43. The van der Waals surface area contributed by atoms with Crippen LogP contribution in [-0.4, -0.2) is 62.9 Å². The van der Waals surface area contributed by atoms with Gasteiger partial charge in [-0.3, -0.25) is 4.90 Å². The van der Waals surface area contributed by atoms with Crippen LogP contribution >= 0.6 is 11.6 Å². The molecule has 0 spiro atoms. The number of nitrogens with zero attached hydrogens (tertiary/aromatic N) is 4. The van der Waals surface area contributed by atoms with E-state index in [2.05, 4.69) is 10.00 Å². The Morgan fingerprint density at radius 2 is 1.79 bits per heavy atom. The van der Waals surface area contributed by atoms with Gasteiger partial charge in [0.15, 0.2) is 5.69 Å². The highest BCUT2D eigenvalue weighted by molar-refractivity contribution is 6.30. The van der Waals surface area contributed by atoms with Crippen LogP contribution in [0.3, 0.4) is 0 Å². The van der Waals surface area contributed by atoms with E-state index in [0.29, 0.717) is 54.8 Å². The Morgan fingerprint density at radius 3 is 2.42 bits per heavy atom. The number of halogens is 2. The third-order valence-electron chi connectivity index (χ3n) is 5.33. The van der Waals surface area contributed by atoms with Crippen LogP contribution in [0.25, 0.3) is 0 Å². The zero-order chi connectivity index (χ0) is 23.5. The Labute approximate surface area is 194 Å². The van der Waals surface area contributed by atoms with E-state index < -0.39 is 11.8 Å². The van der Waals surface area contributed by atoms with Crippen molar-refractivity contribution in [2.45, 2.75) is 13.5 Å². The van der Waals surface area contributed by atoms with Crippen molar-refractivity contribution in [1.82, 2.24) is 19.6 Å². The SMILES string of the molecule is Cc1cn(C(=O)N2CCN(Cc3cc(F)cc(Oc4ccc(Cl)cc4)c3)CC2)nc1C(=O)O. The summed E-state index contributed by atoms with van der Waals surface area (Å²) in [4.78, 5) is 27.6. The number of aromatic carboxylic acids is 1. The molecule has 0 unspecified atom stereocenters. The van der Waals surface area contributed by atoms with Crippen molar-refractivity contribution in [3.05, 3.63) is 76.3 Å². The van der Waals surface area contributed by atoms with Gasteiger partial charge in [0.2, 0.25) is 0 Å². The fraction of sp³-hybridized carbons (Fsp3) is 0.261. The van der Waals surface area contributed by atoms with Crippen molar-refractivity contribution in [2.75, 3.05) is 26.2 Å². The van der Waals surface area contributed by atoms with Gasteiger partial charge in [0.25, 0.3) is 0 Å². The number of aromatic nitrogens is 2. The maximum absolute atomic E-state index is 14.2. The number of aryl methyl sites for hydroxylation is 1. The summed E-state index contributed by atoms with van der Waals surface area (Å²) in [6, 6.07) is 11.0. The van der Waals surface area contributed by atoms with Gasteiger partial charge in [-0.1, -0.05) is 11.6 Å². The summed E-state index contributed by atoms with van der Waals surface area (Å²) in [5, 5.41) is 13.6. The van der Waals surface area contributed by atoms with Gasteiger partial charge >= 0.3 is 12.0 Å². The van der Waals surface area contributed by atoms with E-state index >= 15 is 0 Å². The number of hydrogen-bond acceptors (Lipinski definition) is 5. The van der Waals surface area contributed by atoms with Crippen LogP contribution in [0.4, 0.5) is 9.18 Å². The Kier molecular flexibility index (Phi) is 6.62. The molecule has 0 radical (unpaired) electrons. The van der Waals surface area contributed by atoms with Gasteiger partial charge in [-0.25, -0.2) is 14.0 Å². The first-order valence-electron chi connectivity index (χ1n) is 10.3. The van der Waals surface area contributed by atoms with Crippen LogP contribution < -0.4 is 4.74 Å².